The fourth-order valence-electron chi connectivity index (χ4n) is 2.86. The van der Waals surface area contributed by atoms with Crippen LogP contribution in [0.2, 0.25) is 0 Å². The number of quaternary nitrogens is 1. The summed E-state index contributed by atoms with van der Waals surface area (Å²) < 4.78 is 0.420. The van der Waals surface area contributed by atoms with Crippen LogP contribution in [0.1, 0.15) is 15.9 Å². The second-order valence-electron chi connectivity index (χ2n) is 6.83. The predicted octanol–water partition coefficient (Wildman–Crippen LogP) is -0.720. The number of hydrazone groups is 1. The summed E-state index contributed by atoms with van der Waals surface area (Å²) in [4.78, 5) is 12.8. The van der Waals surface area contributed by atoms with E-state index in [1.807, 2.05) is 63.6 Å². The number of carbonyl (C=O) groups excluding carboxylic acids is 1. The number of fused-ring (bicyclic) bond motifs is 1. The van der Waals surface area contributed by atoms with E-state index in [1.165, 1.54) is 0 Å². The smallest absolute Gasteiger partial charge is 0.204 e. The molecule has 2 aromatic rings. The summed E-state index contributed by atoms with van der Waals surface area (Å²) in [6.45, 7) is 0. The number of rotatable bonds is 3. The minimum atomic E-state index is -1.45. The Morgan fingerprint density at radius 1 is 1.08 bits per heavy atom. The summed E-state index contributed by atoms with van der Waals surface area (Å²) in [5, 5.41) is 23.0. The van der Waals surface area contributed by atoms with E-state index >= 15 is 0 Å². The molecule has 136 valence electrons. The maximum absolute atomic E-state index is 12.8. The van der Waals surface area contributed by atoms with Crippen molar-refractivity contribution < 1.29 is 22.3 Å². The zero-order chi connectivity index (χ0) is 18.2. The van der Waals surface area contributed by atoms with E-state index in [9.17, 15) is 9.90 Å². The Morgan fingerprint density at radius 3 is 2.35 bits per heavy atom. The Kier molecular flexibility index (Phi) is 5.61. The van der Waals surface area contributed by atoms with E-state index in [1.54, 1.807) is 6.07 Å². The molecule has 1 aliphatic rings. The molecule has 0 fully saturated rings. The number of hydrogen-bond acceptors (Lipinski definition) is 5. The van der Waals surface area contributed by atoms with Gasteiger partial charge in [0.05, 0.1) is 38.1 Å². The molecule has 6 nitrogen and oxygen atoms in total. The van der Waals surface area contributed by atoms with Gasteiger partial charge >= 0.3 is 0 Å². The van der Waals surface area contributed by atoms with Crippen LogP contribution < -0.4 is 22.3 Å². The first-order valence-corrected chi connectivity index (χ1v) is 7.96. The Bertz CT molecular complexity index is 873. The van der Waals surface area contributed by atoms with Gasteiger partial charge in [-0.25, -0.2) is 0 Å². The Hall–Kier alpha value is -2.54. The average molecular weight is 373 g/mol. The molecule has 1 aliphatic carbocycles. The van der Waals surface area contributed by atoms with E-state index in [4.69, 9.17) is 5.41 Å². The van der Waals surface area contributed by atoms with Crippen LogP contribution in [0, 0.1) is 5.41 Å². The molecule has 3 N–H and O–H groups in total. The Labute approximate surface area is 158 Å². The highest BCUT2D eigenvalue weighted by molar-refractivity contribution is 6.56. The van der Waals surface area contributed by atoms with E-state index < -0.39 is 11.9 Å². The largest absolute Gasteiger partial charge is 1.00 e. The number of aliphatic hydroxyl groups excluding tert-OH is 1. The van der Waals surface area contributed by atoms with Crippen molar-refractivity contribution in [2.45, 2.75) is 6.10 Å². The SMILES string of the molecule is C[N+](C)(C)c1cccc2c1C(=O)C(O)/C(=N\Nc1ccccc1)C2=N.[Cl-]. The zero-order valence-corrected chi connectivity index (χ0v) is 15.6. The van der Waals surface area contributed by atoms with Gasteiger partial charge in [0.15, 0.2) is 6.10 Å². The highest BCUT2D eigenvalue weighted by Crippen LogP contribution is 2.31. The third-order valence-electron chi connectivity index (χ3n) is 4.12. The quantitative estimate of drug-likeness (QED) is 0.491. The van der Waals surface area contributed by atoms with Crippen LogP contribution >= 0.6 is 0 Å². The van der Waals surface area contributed by atoms with Gasteiger partial charge in [-0.1, -0.05) is 30.3 Å². The monoisotopic (exact) mass is 372 g/mol. The highest BCUT2D eigenvalue weighted by atomic mass is 35.5. The van der Waals surface area contributed by atoms with Gasteiger partial charge in [0.1, 0.15) is 11.4 Å². The minimum absolute atomic E-state index is 0. The molecule has 2 aromatic carbocycles. The van der Waals surface area contributed by atoms with Gasteiger partial charge in [0.2, 0.25) is 5.78 Å². The molecule has 0 heterocycles. The lowest BCUT2D eigenvalue weighted by Gasteiger charge is -2.30. The molecule has 0 aromatic heterocycles. The molecule has 7 heteroatoms. The van der Waals surface area contributed by atoms with Crippen LogP contribution in [-0.4, -0.2) is 49.6 Å². The molecule has 0 spiro atoms. The third-order valence-corrected chi connectivity index (χ3v) is 4.12. The number of Topliss-reactive ketones (excluding diaryl/α,β-unsaturated/α-hetero) is 1. The van der Waals surface area contributed by atoms with Crippen LogP contribution in [0.4, 0.5) is 11.4 Å². The van der Waals surface area contributed by atoms with E-state index in [0.717, 1.165) is 5.69 Å². The maximum Gasteiger partial charge on any atom is 0.204 e. The summed E-state index contributed by atoms with van der Waals surface area (Å²) in [5.41, 5.74) is 5.26. The molecule has 3 rings (SSSR count). The lowest BCUT2D eigenvalue weighted by molar-refractivity contribution is -0.0000131. The average Bonchev–Trinajstić information content (AvgIpc) is 2.59. The first-order valence-electron chi connectivity index (χ1n) is 7.96. The van der Waals surface area contributed by atoms with Crippen molar-refractivity contribution in [3.63, 3.8) is 0 Å². The van der Waals surface area contributed by atoms with Gasteiger partial charge in [0.25, 0.3) is 0 Å². The number of anilines is 1. The van der Waals surface area contributed by atoms with Crippen molar-refractivity contribution >= 4 is 28.6 Å². The molecule has 26 heavy (non-hydrogen) atoms. The molecule has 0 amide bonds. The first kappa shape index (κ1) is 19.8. The van der Waals surface area contributed by atoms with Gasteiger partial charge in [-0.05, 0) is 18.2 Å². The third kappa shape index (κ3) is 3.53. The van der Waals surface area contributed by atoms with Gasteiger partial charge in [-0.15, -0.1) is 0 Å². The zero-order valence-electron chi connectivity index (χ0n) is 14.8. The predicted molar refractivity (Wildman–Crippen MR) is 101 cm³/mol. The van der Waals surface area contributed by atoms with Crippen molar-refractivity contribution in [1.82, 2.24) is 4.48 Å². The molecule has 0 saturated carbocycles. The second kappa shape index (κ2) is 7.37. The number of aliphatic hydroxyl groups is 1. The van der Waals surface area contributed by atoms with E-state index in [2.05, 4.69) is 10.5 Å². The van der Waals surface area contributed by atoms with Crippen LogP contribution in [0.3, 0.4) is 0 Å². The van der Waals surface area contributed by atoms with Crippen LogP contribution in [0.15, 0.2) is 53.6 Å². The highest BCUT2D eigenvalue weighted by Gasteiger charge is 2.39. The Morgan fingerprint density at radius 2 is 1.73 bits per heavy atom. The lowest BCUT2D eigenvalue weighted by atomic mass is 9.84. The number of carbonyl (C=O) groups is 1. The summed E-state index contributed by atoms with van der Waals surface area (Å²) in [5.74, 6) is -0.428. The first-order chi connectivity index (χ1) is 11.8. The number of nitrogens with one attached hydrogen (secondary N) is 2. The Balaban J connectivity index is 0.00000243. The number of benzene rings is 2. The summed E-state index contributed by atoms with van der Waals surface area (Å²) in [6, 6.07) is 14.6. The maximum atomic E-state index is 12.8. The topological polar surface area (TPSA) is 85.5 Å². The molecule has 1 atom stereocenters. The number of ketones is 1. The summed E-state index contributed by atoms with van der Waals surface area (Å²) in [7, 11) is 5.83. The van der Waals surface area contributed by atoms with Gasteiger partial charge in [-0.3, -0.25) is 20.1 Å². The van der Waals surface area contributed by atoms with Crippen LogP contribution in [0.5, 0.6) is 0 Å². The van der Waals surface area contributed by atoms with E-state index in [-0.39, 0.29) is 23.8 Å². The number of nitrogens with zero attached hydrogens (tertiary/aromatic N) is 2. The second-order valence-corrected chi connectivity index (χ2v) is 6.83. The van der Waals surface area contributed by atoms with Gasteiger partial charge in [-0.2, -0.15) is 5.10 Å². The fourth-order valence-corrected chi connectivity index (χ4v) is 2.86. The summed E-state index contributed by atoms with van der Waals surface area (Å²) >= 11 is 0. The number of halogens is 1. The molecule has 0 aliphatic heterocycles. The van der Waals surface area contributed by atoms with E-state index in [0.29, 0.717) is 21.3 Å². The van der Waals surface area contributed by atoms with Crippen LogP contribution in [0.25, 0.3) is 0 Å². The lowest BCUT2D eigenvalue weighted by Crippen LogP contribution is -3.00. The minimum Gasteiger partial charge on any atom is -1.00 e. The standard InChI is InChI=1S/C19H21N4O2.ClH/c1-23(2,3)14-11-7-10-13-15(14)18(24)19(25)17(16(13)20)22-21-12-8-5-4-6-9-12;/h4-11,19-21,25H,1-3H3;1H/q+1;/p-1/b20-16?,22-17-;. The van der Waals surface area contributed by atoms with Gasteiger partial charge in [0, 0.05) is 5.56 Å². The van der Waals surface area contributed by atoms with Crippen molar-refractivity contribution in [1.29, 1.82) is 5.41 Å². The van der Waals surface area contributed by atoms with Crippen molar-refractivity contribution in [3.8, 4) is 0 Å². The van der Waals surface area contributed by atoms with Crippen LogP contribution in [-0.2, 0) is 0 Å². The molecule has 1 unspecified atom stereocenters. The number of hydrogen-bond donors (Lipinski definition) is 3. The molecule has 0 bridgehead atoms. The molecule has 0 radical (unpaired) electrons. The summed E-state index contributed by atoms with van der Waals surface area (Å²) in [6.07, 6.45) is -1.45. The number of para-hydroxylation sites is 1. The molecular weight excluding hydrogens is 352 g/mol. The molecule has 0 saturated heterocycles. The normalized spacial score (nSPS) is 18.3. The van der Waals surface area contributed by atoms with Crippen molar-refractivity contribution in [3.05, 3.63) is 59.7 Å². The fraction of sp³-hybridized carbons (Fsp3) is 0.211. The van der Waals surface area contributed by atoms with Gasteiger partial charge < -0.3 is 17.5 Å². The molecular formula is C19H21ClN4O2. The van der Waals surface area contributed by atoms with Crippen molar-refractivity contribution in [2.75, 3.05) is 26.6 Å². The van der Waals surface area contributed by atoms with Crippen molar-refractivity contribution in [2.24, 2.45) is 5.10 Å².